The van der Waals surface area contributed by atoms with Gasteiger partial charge in [0, 0.05) is 11.8 Å². The van der Waals surface area contributed by atoms with E-state index in [-0.39, 0.29) is 11.0 Å². The monoisotopic (exact) mass is 373 g/mol. The van der Waals surface area contributed by atoms with Crippen LogP contribution in [0.15, 0.2) is 46.0 Å². The molecule has 0 radical (unpaired) electrons. The second-order valence-corrected chi connectivity index (χ2v) is 5.62. The Balaban J connectivity index is 1.92. The Kier molecular flexibility index (Phi) is 4.93. The lowest BCUT2D eigenvalue weighted by molar-refractivity contribution is -0.116. The standard InChI is InChI=1S/C18H16FN3O5/c1-26-14-6-4-11(8-15(14)27-2)20-16(23)9-22-13-5-3-10(19)7-12(13)21-17(24)18(22)25/h3-8H,9H2,1-2H3,(H,20,23)(H,21,24). The number of hydrogen-bond donors (Lipinski definition) is 2. The maximum atomic E-state index is 13.4. The zero-order valence-electron chi connectivity index (χ0n) is 14.5. The third-order valence-electron chi connectivity index (χ3n) is 3.91. The Morgan fingerprint density at radius 3 is 2.56 bits per heavy atom. The van der Waals surface area contributed by atoms with Gasteiger partial charge in [0.25, 0.3) is 0 Å². The topological polar surface area (TPSA) is 102 Å². The first-order valence-electron chi connectivity index (χ1n) is 7.87. The Morgan fingerprint density at radius 2 is 1.85 bits per heavy atom. The van der Waals surface area contributed by atoms with Crippen molar-refractivity contribution in [3.8, 4) is 11.5 Å². The molecule has 0 atom stereocenters. The molecular weight excluding hydrogens is 357 g/mol. The molecule has 3 rings (SSSR count). The van der Waals surface area contributed by atoms with Crippen LogP contribution >= 0.6 is 0 Å². The van der Waals surface area contributed by atoms with E-state index in [1.807, 2.05) is 0 Å². The first-order valence-corrected chi connectivity index (χ1v) is 7.87. The molecule has 1 amide bonds. The molecule has 0 saturated heterocycles. The van der Waals surface area contributed by atoms with E-state index in [4.69, 9.17) is 9.47 Å². The summed E-state index contributed by atoms with van der Waals surface area (Å²) in [4.78, 5) is 38.6. The van der Waals surface area contributed by atoms with Crippen LogP contribution in [-0.4, -0.2) is 29.7 Å². The van der Waals surface area contributed by atoms with Crippen LogP contribution in [0.25, 0.3) is 11.0 Å². The van der Waals surface area contributed by atoms with Crippen LogP contribution in [0.4, 0.5) is 10.1 Å². The van der Waals surface area contributed by atoms with E-state index >= 15 is 0 Å². The first kappa shape index (κ1) is 18.2. The molecule has 1 aromatic heterocycles. The third-order valence-corrected chi connectivity index (χ3v) is 3.91. The number of amides is 1. The van der Waals surface area contributed by atoms with Crippen molar-refractivity contribution < 1.29 is 18.7 Å². The Bertz CT molecular complexity index is 1140. The second kappa shape index (κ2) is 7.32. The highest BCUT2D eigenvalue weighted by Crippen LogP contribution is 2.29. The number of nitrogens with zero attached hydrogens (tertiary/aromatic N) is 1. The van der Waals surface area contributed by atoms with E-state index in [2.05, 4.69) is 10.3 Å². The summed E-state index contributed by atoms with van der Waals surface area (Å²) in [6.07, 6.45) is 0. The molecule has 3 aromatic rings. The maximum Gasteiger partial charge on any atom is 0.317 e. The van der Waals surface area contributed by atoms with Gasteiger partial charge in [-0.05, 0) is 30.3 Å². The van der Waals surface area contributed by atoms with Crippen molar-refractivity contribution in [2.75, 3.05) is 19.5 Å². The lowest BCUT2D eigenvalue weighted by Crippen LogP contribution is -2.38. The lowest BCUT2D eigenvalue weighted by atomic mass is 10.2. The van der Waals surface area contributed by atoms with Crippen molar-refractivity contribution in [1.29, 1.82) is 0 Å². The van der Waals surface area contributed by atoms with Gasteiger partial charge in [0.15, 0.2) is 11.5 Å². The highest BCUT2D eigenvalue weighted by molar-refractivity contribution is 5.91. The summed E-state index contributed by atoms with van der Waals surface area (Å²) in [5.41, 5.74) is -1.06. The molecule has 0 fully saturated rings. The summed E-state index contributed by atoms with van der Waals surface area (Å²) >= 11 is 0. The van der Waals surface area contributed by atoms with Gasteiger partial charge in [-0.2, -0.15) is 0 Å². The number of benzene rings is 2. The fourth-order valence-electron chi connectivity index (χ4n) is 2.67. The Labute approximate surface area is 152 Å². The number of aromatic nitrogens is 2. The molecule has 0 aliphatic carbocycles. The van der Waals surface area contributed by atoms with Crippen LogP contribution in [0, 0.1) is 5.82 Å². The van der Waals surface area contributed by atoms with E-state index in [0.717, 1.165) is 16.7 Å². The zero-order valence-corrected chi connectivity index (χ0v) is 14.5. The molecule has 2 N–H and O–H groups in total. The summed E-state index contributed by atoms with van der Waals surface area (Å²) in [5, 5.41) is 2.62. The van der Waals surface area contributed by atoms with Crippen molar-refractivity contribution in [1.82, 2.24) is 9.55 Å². The van der Waals surface area contributed by atoms with E-state index in [9.17, 15) is 18.8 Å². The van der Waals surface area contributed by atoms with Gasteiger partial charge in [-0.15, -0.1) is 0 Å². The van der Waals surface area contributed by atoms with Gasteiger partial charge in [0.05, 0.1) is 25.3 Å². The number of aromatic amines is 1. The number of anilines is 1. The minimum atomic E-state index is -0.938. The number of carbonyl (C=O) groups is 1. The zero-order chi connectivity index (χ0) is 19.6. The summed E-state index contributed by atoms with van der Waals surface area (Å²) in [7, 11) is 2.95. The van der Waals surface area contributed by atoms with E-state index in [0.29, 0.717) is 17.2 Å². The van der Waals surface area contributed by atoms with Crippen molar-refractivity contribution >= 4 is 22.6 Å². The maximum absolute atomic E-state index is 13.4. The van der Waals surface area contributed by atoms with E-state index < -0.39 is 29.4 Å². The lowest BCUT2D eigenvalue weighted by Gasteiger charge is -2.12. The summed E-state index contributed by atoms with van der Waals surface area (Å²) in [6.45, 7) is -0.417. The number of carbonyl (C=O) groups excluding carboxylic acids is 1. The molecule has 0 saturated carbocycles. The molecule has 8 nitrogen and oxygen atoms in total. The van der Waals surface area contributed by atoms with Gasteiger partial charge in [-0.1, -0.05) is 0 Å². The summed E-state index contributed by atoms with van der Waals surface area (Å²) < 4.78 is 24.7. The molecule has 140 valence electrons. The van der Waals surface area contributed by atoms with Gasteiger partial charge in [-0.3, -0.25) is 19.0 Å². The number of hydrogen-bond acceptors (Lipinski definition) is 5. The quantitative estimate of drug-likeness (QED) is 0.660. The number of fused-ring (bicyclic) bond motifs is 1. The van der Waals surface area contributed by atoms with Gasteiger partial charge < -0.3 is 19.8 Å². The van der Waals surface area contributed by atoms with Crippen LogP contribution in [0.5, 0.6) is 11.5 Å². The molecular formula is C18H16FN3O5. The Hall–Kier alpha value is -3.62. The predicted molar refractivity (Wildman–Crippen MR) is 97.0 cm³/mol. The van der Waals surface area contributed by atoms with Crippen LogP contribution in [0.2, 0.25) is 0 Å². The third kappa shape index (κ3) is 3.66. The average molecular weight is 373 g/mol. The number of rotatable bonds is 5. The molecule has 0 bridgehead atoms. The molecule has 0 spiro atoms. The minimum Gasteiger partial charge on any atom is -0.493 e. The van der Waals surface area contributed by atoms with Crippen molar-refractivity contribution in [3.05, 3.63) is 62.9 Å². The van der Waals surface area contributed by atoms with Crippen molar-refractivity contribution in [2.45, 2.75) is 6.54 Å². The first-order chi connectivity index (χ1) is 12.9. The predicted octanol–water partition coefficient (Wildman–Crippen LogP) is 1.48. The van der Waals surface area contributed by atoms with Crippen LogP contribution < -0.4 is 25.9 Å². The van der Waals surface area contributed by atoms with Crippen LogP contribution in [0.1, 0.15) is 0 Å². The Morgan fingerprint density at radius 1 is 1.11 bits per heavy atom. The van der Waals surface area contributed by atoms with Gasteiger partial charge in [-0.25, -0.2) is 4.39 Å². The van der Waals surface area contributed by atoms with Crippen molar-refractivity contribution in [2.24, 2.45) is 0 Å². The number of nitrogens with one attached hydrogen (secondary N) is 2. The molecule has 27 heavy (non-hydrogen) atoms. The molecule has 9 heteroatoms. The number of halogens is 1. The largest absolute Gasteiger partial charge is 0.493 e. The van der Waals surface area contributed by atoms with Crippen LogP contribution in [0.3, 0.4) is 0 Å². The fourth-order valence-corrected chi connectivity index (χ4v) is 2.67. The normalized spacial score (nSPS) is 10.6. The van der Waals surface area contributed by atoms with Crippen LogP contribution in [-0.2, 0) is 11.3 Å². The highest BCUT2D eigenvalue weighted by Gasteiger charge is 2.13. The molecule has 2 aromatic carbocycles. The van der Waals surface area contributed by atoms with E-state index in [1.54, 1.807) is 18.2 Å². The molecule has 0 unspecified atom stereocenters. The SMILES string of the molecule is COc1ccc(NC(=O)Cn2c(=O)c(=O)[nH]c3cc(F)ccc32)cc1OC. The van der Waals surface area contributed by atoms with Gasteiger partial charge in [0.2, 0.25) is 5.91 Å². The molecule has 1 heterocycles. The van der Waals surface area contributed by atoms with Gasteiger partial charge in [0.1, 0.15) is 12.4 Å². The molecule has 0 aliphatic heterocycles. The van der Waals surface area contributed by atoms with Gasteiger partial charge >= 0.3 is 11.1 Å². The highest BCUT2D eigenvalue weighted by atomic mass is 19.1. The van der Waals surface area contributed by atoms with Crippen molar-refractivity contribution in [3.63, 3.8) is 0 Å². The average Bonchev–Trinajstić information content (AvgIpc) is 2.65. The smallest absolute Gasteiger partial charge is 0.317 e. The number of ether oxygens (including phenoxy) is 2. The summed E-state index contributed by atoms with van der Waals surface area (Å²) in [6, 6.07) is 8.33. The summed E-state index contributed by atoms with van der Waals surface area (Å²) in [5.74, 6) is -0.197. The number of methoxy groups -OCH3 is 2. The molecule has 0 aliphatic rings. The number of H-pyrrole nitrogens is 1. The fraction of sp³-hybridized carbons (Fsp3) is 0.167. The second-order valence-electron chi connectivity index (χ2n) is 5.62. The van der Waals surface area contributed by atoms with E-state index in [1.165, 1.54) is 20.3 Å². The minimum absolute atomic E-state index is 0.124.